The monoisotopic (exact) mass is 563 g/mol. The highest BCUT2D eigenvalue weighted by molar-refractivity contribution is 7.79. The van der Waals surface area contributed by atoms with Gasteiger partial charge in [0.1, 0.15) is 17.3 Å². The van der Waals surface area contributed by atoms with Gasteiger partial charge in [-0.15, -0.1) is 0 Å². The molecule has 11 nitrogen and oxygen atoms in total. The van der Waals surface area contributed by atoms with Gasteiger partial charge >= 0.3 is 10.4 Å². The van der Waals surface area contributed by atoms with Crippen LogP contribution in [0.3, 0.4) is 0 Å². The normalized spacial score (nSPS) is 17.9. The first kappa shape index (κ1) is 30.5. The minimum absolute atomic E-state index is 0.139. The topological polar surface area (TPSA) is 161 Å². The van der Waals surface area contributed by atoms with Gasteiger partial charge in [-0.25, -0.2) is 4.39 Å². The number of nitrogen functional groups attached to an aromatic ring is 1. The predicted molar refractivity (Wildman–Crippen MR) is 136 cm³/mol. The molecule has 206 valence electrons. The van der Waals surface area contributed by atoms with Crippen molar-refractivity contribution in [2.45, 2.75) is 25.0 Å². The number of nitrogens with zero attached hydrogens (tertiary/aromatic N) is 1. The molecule has 1 heterocycles. The molecule has 1 amide bonds. The average molecular weight is 564 g/mol. The molecule has 3 rings (SSSR count). The summed E-state index contributed by atoms with van der Waals surface area (Å²) in [7, 11) is -1.54. The number of nitrogens with two attached hydrogens (primary N) is 1. The Hall–Kier alpha value is -2.68. The summed E-state index contributed by atoms with van der Waals surface area (Å²) in [5.41, 5.74) is 6.49. The Bertz CT molecular complexity index is 1130. The Labute approximate surface area is 220 Å². The number of piperidine rings is 1. The molecule has 2 atom stereocenters. The third-order valence-electron chi connectivity index (χ3n) is 5.53. The van der Waals surface area contributed by atoms with Crippen LogP contribution in [0.25, 0.3) is 0 Å². The lowest BCUT2D eigenvalue weighted by Gasteiger charge is -2.38. The zero-order valence-corrected chi connectivity index (χ0v) is 22.0. The van der Waals surface area contributed by atoms with Gasteiger partial charge in [0.15, 0.2) is 0 Å². The number of hydrogen-bond donors (Lipinski definition) is 4. The van der Waals surface area contributed by atoms with Gasteiger partial charge in [0.2, 0.25) is 0 Å². The van der Waals surface area contributed by atoms with Gasteiger partial charge in [-0.2, -0.15) is 8.42 Å². The zero-order valence-electron chi connectivity index (χ0n) is 20.4. The average Bonchev–Trinajstić information content (AvgIpc) is 2.84. The molecule has 0 aromatic heterocycles. The molecule has 0 unspecified atom stereocenters. The van der Waals surface area contributed by atoms with Crippen LogP contribution in [0.15, 0.2) is 36.4 Å². The van der Waals surface area contributed by atoms with E-state index in [1.54, 1.807) is 25.3 Å². The van der Waals surface area contributed by atoms with Crippen molar-refractivity contribution in [2.24, 2.45) is 0 Å². The highest BCUT2D eigenvalue weighted by Crippen LogP contribution is 2.29. The number of anilines is 1. The Morgan fingerprint density at radius 1 is 1.24 bits per heavy atom. The Kier molecular flexibility index (Phi) is 11.8. The van der Waals surface area contributed by atoms with Crippen molar-refractivity contribution < 1.29 is 40.9 Å². The molecule has 0 radical (unpaired) electrons. The van der Waals surface area contributed by atoms with Gasteiger partial charge in [-0.1, -0.05) is 11.6 Å². The number of halogens is 2. The third kappa shape index (κ3) is 10.7. The number of nitrogens with one attached hydrogen (secondary N) is 1. The minimum Gasteiger partial charge on any atom is -0.496 e. The second kappa shape index (κ2) is 14.3. The lowest BCUT2D eigenvalue weighted by atomic mass is 10.0. The Balaban J connectivity index is 0.000000877. The Morgan fingerprint density at radius 3 is 2.49 bits per heavy atom. The molecule has 1 fully saturated rings. The van der Waals surface area contributed by atoms with Gasteiger partial charge in [-0.3, -0.25) is 13.9 Å². The Morgan fingerprint density at radius 2 is 1.89 bits per heavy atom. The van der Waals surface area contributed by atoms with E-state index in [1.165, 1.54) is 25.3 Å². The molecule has 0 bridgehead atoms. The maximum Gasteiger partial charge on any atom is 0.394 e. The molecule has 1 saturated heterocycles. The van der Waals surface area contributed by atoms with Crippen molar-refractivity contribution in [2.75, 3.05) is 46.2 Å². The standard InChI is InChI=1S/C23H29ClFN3O4.H2O4S/c1-30-21-13-19(26)18(24)12-17(21)23(29)27-20-8-10-28(14-22(20)31-2)9-3-11-32-16-6-4-15(25)5-7-16;1-5(2,3)4/h4-7,12-13,20,22H,3,8-11,14,26H2,1-2H3,(H,27,29);(H2,1,2,3,4)/t20-,22+;/m0./s1. The fourth-order valence-electron chi connectivity index (χ4n) is 3.76. The van der Waals surface area contributed by atoms with E-state index in [1.807, 2.05) is 0 Å². The summed E-state index contributed by atoms with van der Waals surface area (Å²) in [5, 5.41) is 3.35. The van der Waals surface area contributed by atoms with E-state index in [4.69, 9.17) is 49.1 Å². The lowest BCUT2D eigenvalue weighted by molar-refractivity contribution is 0.00527. The van der Waals surface area contributed by atoms with Crippen LogP contribution in [-0.2, 0) is 15.1 Å². The quantitative estimate of drug-likeness (QED) is 0.203. The molecular weight excluding hydrogens is 533 g/mol. The smallest absolute Gasteiger partial charge is 0.394 e. The molecule has 2 aromatic carbocycles. The number of amides is 1. The van der Waals surface area contributed by atoms with Crippen LogP contribution < -0.4 is 20.5 Å². The second-order valence-corrected chi connectivity index (χ2v) is 9.42. The highest BCUT2D eigenvalue weighted by Gasteiger charge is 2.31. The van der Waals surface area contributed by atoms with Gasteiger partial charge in [0.25, 0.3) is 5.91 Å². The van der Waals surface area contributed by atoms with Crippen molar-refractivity contribution in [3.8, 4) is 11.5 Å². The first-order valence-electron chi connectivity index (χ1n) is 11.2. The van der Waals surface area contributed by atoms with Gasteiger partial charge in [-0.05, 0) is 43.2 Å². The summed E-state index contributed by atoms with van der Waals surface area (Å²) in [5.74, 6) is 0.463. The van der Waals surface area contributed by atoms with Crippen molar-refractivity contribution >= 4 is 33.6 Å². The number of carbonyl (C=O) groups excluding carboxylic acids is 1. The molecule has 2 aromatic rings. The number of methoxy groups -OCH3 is 2. The van der Waals surface area contributed by atoms with Gasteiger partial charge in [0, 0.05) is 32.8 Å². The number of ether oxygens (including phenoxy) is 3. The SMILES string of the molecule is COc1cc(N)c(Cl)cc1C(=O)N[C@H]1CCN(CCCOc2ccc(F)cc2)C[C@H]1OC.O=S(=O)(O)O. The summed E-state index contributed by atoms with van der Waals surface area (Å²) >= 11 is 6.09. The van der Waals surface area contributed by atoms with Crippen LogP contribution in [-0.4, -0.2) is 80.9 Å². The molecule has 1 aliphatic heterocycles. The van der Waals surface area contributed by atoms with E-state index in [-0.39, 0.29) is 23.9 Å². The second-order valence-electron chi connectivity index (χ2n) is 8.12. The molecule has 0 saturated carbocycles. The van der Waals surface area contributed by atoms with Crippen LogP contribution >= 0.6 is 11.6 Å². The third-order valence-corrected chi connectivity index (χ3v) is 5.85. The first-order valence-corrected chi connectivity index (χ1v) is 13.0. The molecule has 14 heteroatoms. The molecule has 5 N–H and O–H groups in total. The van der Waals surface area contributed by atoms with Gasteiger partial charge < -0.3 is 30.2 Å². The first-order chi connectivity index (χ1) is 17.4. The van der Waals surface area contributed by atoms with Gasteiger partial charge in [0.05, 0.1) is 42.1 Å². The molecule has 0 spiro atoms. The molecule has 0 aliphatic carbocycles. The van der Waals surface area contributed by atoms with Crippen LogP contribution in [0, 0.1) is 5.82 Å². The van der Waals surface area contributed by atoms with E-state index in [9.17, 15) is 9.18 Å². The number of rotatable bonds is 9. The lowest BCUT2D eigenvalue weighted by Crippen LogP contribution is -2.55. The molecule has 1 aliphatic rings. The zero-order chi connectivity index (χ0) is 27.6. The van der Waals surface area contributed by atoms with Crippen molar-refractivity contribution in [1.29, 1.82) is 0 Å². The highest BCUT2D eigenvalue weighted by atomic mass is 35.5. The van der Waals surface area contributed by atoms with Crippen molar-refractivity contribution in [1.82, 2.24) is 10.2 Å². The van der Waals surface area contributed by atoms with Crippen LogP contribution in [0.1, 0.15) is 23.2 Å². The summed E-state index contributed by atoms with van der Waals surface area (Å²) in [6, 6.07) is 8.92. The fraction of sp³-hybridized carbons (Fsp3) is 0.435. The largest absolute Gasteiger partial charge is 0.496 e. The van der Waals surface area contributed by atoms with Crippen molar-refractivity contribution in [3.63, 3.8) is 0 Å². The van der Waals surface area contributed by atoms with E-state index in [2.05, 4.69) is 10.2 Å². The fourth-order valence-corrected chi connectivity index (χ4v) is 3.92. The van der Waals surface area contributed by atoms with Crippen LogP contribution in [0.4, 0.5) is 10.1 Å². The van der Waals surface area contributed by atoms with Crippen LogP contribution in [0.5, 0.6) is 11.5 Å². The summed E-state index contributed by atoms with van der Waals surface area (Å²) < 4.78 is 61.1. The number of likely N-dealkylation sites (tertiary alicyclic amines) is 1. The number of benzene rings is 2. The number of hydrogen-bond acceptors (Lipinski definition) is 8. The van der Waals surface area contributed by atoms with E-state index < -0.39 is 10.4 Å². The van der Waals surface area contributed by atoms with E-state index in [0.29, 0.717) is 40.9 Å². The van der Waals surface area contributed by atoms with Crippen molar-refractivity contribution in [3.05, 3.63) is 52.8 Å². The summed E-state index contributed by atoms with van der Waals surface area (Å²) in [4.78, 5) is 15.1. The van der Waals surface area contributed by atoms with Crippen LogP contribution in [0.2, 0.25) is 5.02 Å². The predicted octanol–water partition coefficient (Wildman–Crippen LogP) is 2.71. The number of carbonyl (C=O) groups is 1. The maximum absolute atomic E-state index is 12.9. The summed E-state index contributed by atoms with van der Waals surface area (Å²) in [6.07, 6.45) is 1.42. The molecule has 37 heavy (non-hydrogen) atoms. The molecular formula is C23H31ClFN3O8S. The summed E-state index contributed by atoms with van der Waals surface area (Å²) in [6.45, 7) is 2.89. The van der Waals surface area contributed by atoms with E-state index >= 15 is 0 Å². The van der Waals surface area contributed by atoms with E-state index in [0.717, 1.165) is 25.9 Å². The minimum atomic E-state index is -4.67. The maximum atomic E-state index is 12.9.